The van der Waals surface area contributed by atoms with E-state index in [2.05, 4.69) is 4.98 Å². The van der Waals surface area contributed by atoms with Gasteiger partial charge in [0, 0.05) is 36.2 Å². The first-order valence-corrected chi connectivity index (χ1v) is 9.11. The number of benzene rings is 1. The fraction of sp³-hybridized carbons (Fsp3) is 0.350. The molecule has 27 heavy (non-hydrogen) atoms. The van der Waals surface area contributed by atoms with Crippen LogP contribution in [-0.2, 0) is 16.1 Å². The van der Waals surface area contributed by atoms with Crippen molar-refractivity contribution in [3.63, 3.8) is 0 Å². The molecule has 2 aromatic rings. The second-order valence-corrected chi connectivity index (χ2v) is 7.16. The normalized spacial score (nSPS) is 14.7. The number of hydrogen-bond donors (Lipinski definition) is 1. The Labute approximate surface area is 162 Å². The number of fused-ring (bicyclic) bond motifs is 1. The average Bonchev–Trinajstić information content (AvgIpc) is 2.85. The summed E-state index contributed by atoms with van der Waals surface area (Å²) in [6.45, 7) is 4.21. The van der Waals surface area contributed by atoms with Gasteiger partial charge in [0.15, 0.2) is 11.5 Å². The minimum atomic E-state index is -0.320. The molecule has 2 heterocycles. The Bertz CT molecular complexity index is 867. The minimum Gasteiger partial charge on any atom is -0.504 e. The van der Waals surface area contributed by atoms with E-state index in [-0.39, 0.29) is 36.4 Å². The van der Waals surface area contributed by atoms with Gasteiger partial charge in [-0.15, -0.1) is 0 Å². The molecule has 0 saturated carbocycles. The summed E-state index contributed by atoms with van der Waals surface area (Å²) >= 11 is 5.88. The van der Waals surface area contributed by atoms with Crippen LogP contribution in [0.1, 0.15) is 25.8 Å². The van der Waals surface area contributed by atoms with Gasteiger partial charge in [-0.2, -0.15) is 0 Å². The Balaban J connectivity index is 1.88. The molecule has 1 aliphatic heterocycles. The molecule has 0 saturated heterocycles. The van der Waals surface area contributed by atoms with Crippen molar-refractivity contribution in [1.29, 1.82) is 0 Å². The van der Waals surface area contributed by atoms with Crippen molar-refractivity contribution in [2.24, 2.45) is 5.92 Å². The molecule has 0 fully saturated rings. The van der Waals surface area contributed by atoms with Crippen LogP contribution in [0.3, 0.4) is 0 Å². The highest BCUT2D eigenvalue weighted by Gasteiger charge is 2.25. The van der Waals surface area contributed by atoms with Crippen LogP contribution in [0.15, 0.2) is 30.5 Å². The second kappa shape index (κ2) is 7.96. The summed E-state index contributed by atoms with van der Waals surface area (Å²) in [5.41, 5.74) is 2.06. The second-order valence-electron chi connectivity index (χ2n) is 6.72. The highest BCUT2D eigenvalue weighted by molar-refractivity contribution is 6.30. The predicted octanol–water partition coefficient (Wildman–Crippen LogP) is 3.44. The van der Waals surface area contributed by atoms with E-state index in [4.69, 9.17) is 16.3 Å². The van der Waals surface area contributed by atoms with Crippen molar-refractivity contribution >= 4 is 23.3 Å². The van der Waals surface area contributed by atoms with Crippen molar-refractivity contribution < 1.29 is 19.4 Å². The largest absolute Gasteiger partial charge is 0.504 e. The van der Waals surface area contributed by atoms with E-state index in [1.165, 1.54) is 13.1 Å². The Morgan fingerprint density at radius 3 is 2.81 bits per heavy atom. The molecular weight excluding hydrogens is 368 g/mol. The van der Waals surface area contributed by atoms with E-state index < -0.39 is 0 Å². The third-order valence-corrected chi connectivity index (χ3v) is 4.89. The van der Waals surface area contributed by atoms with E-state index in [0.29, 0.717) is 40.7 Å². The molecule has 0 radical (unpaired) electrons. The number of halogens is 1. The van der Waals surface area contributed by atoms with Crippen LogP contribution in [0.5, 0.6) is 11.5 Å². The average molecular weight is 389 g/mol. The summed E-state index contributed by atoms with van der Waals surface area (Å²) < 4.78 is 5.67. The van der Waals surface area contributed by atoms with Gasteiger partial charge in [-0.25, -0.2) is 0 Å². The molecule has 0 bridgehead atoms. The summed E-state index contributed by atoms with van der Waals surface area (Å²) in [4.78, 5) is 30.0. The molecule has 1 aromatic carbocycles. The number of pyridine rings is 1. The van der Waals surface area contributed by atoms with E-state index in [9.17, 15) is 14.7 Å². The molecule has 0 spiro atoms. The first-order valence-electron chi connectivity index (χ1n) is 8.74. The zero-order valence-electron chi connectivity index (χ0n) is 15.2. The summed E-state index contributed by atoms with van der Waals surface area (Å²) in [5.74, 6) is -0.0559. The Morgan fingerprint density at radius 2 is 2.15 bits per heavy atom. The van der Waals surface area contributed by atoms with Crippen molar-refractivity contribution in [3.8, 4) is 22.8 Å². The van der Waals surface area contributed by atoms with Gasteiger partial charge in [0.05, 0.1) is 17.3 Å². The first-order chi connectivity index (χ1) is 12.8. The SMILES string of the molecule is CC(=O)[C@H](C)CC(=O)N1CCOc2c(O)cc(-c3ccc(Cl)cn3)cc2C1. The van der Waals surface area contributed by atoms with Crippen LogP contribution < -0.4 is 4.74 Å². The molecule has 6 nitrogen and oxygen atoms in total. The van der Waals surface area contributed by atoms with Gasteiger partial charge in [0.25, 0.3) is 0 Å². The topological polar surface area (TPSA) is 79.7 Å². The zero-order valence-corrected chi connectivity index (χ0v) is 16.0. The molecule has 1 aliphatic rings. The highest BCUT2D eigenvalue weighted by atomic mass is 35.5. The van der Waals surface area contributed by atoms with Gasteiger partial charge in [-0.05, 0) is 31.2 Å². The van der Waals surface area contributed by atoms with Gasteiger partial charge in [-0.3, -0.25) is 14.6 Å². The van der Waals surface area contributed by atoms with Crippen molar-refractivity contribution in [2.45, 2.75) is 26.8 Å². The van der Waals surface area contributed by atoms with Crippen LogP contribution in [0, 0.1) is 5.92 Å². The number of nitrogens with zero attached hydrogens (tertiary/aromatic N) is 2. The smallest absolute Gasteiger partial charge is 0.223 e. The molecule has 1 atom stereocenters. The number of amides is 1. The molecule has 0 aliphatic carbocycles. The summed E-state index contributed by atoms with van der Waals surface area (Å²) in [6.07, 6.45) is 1.70. The lowest BCUT2D eigenvalue weighted by Gasteiger charge is -2.21. The van der Waals surface area contributed by atoms with Crippen LogP contribution >= 0.6 is 11.6 Å². The lowest BCUT2D eigenvalue weighted by Crippen LogP contribution is -2.34. The van der Waals surface area contributed by atoms with Crippen LogP contribution in [0.2, 0.25) is 5.02 Å². The summed E-state index contributed by atoms with van der Waals surface area (Å²) in [7, 11) is 0. The molecule has 3 rings (SSSR count). The van der Waals surface area contributed by atoms with E-state index in [0.717, 1.165) is 0 Å². The van der Waals surface area contributed by atoms with E-state index in [1.807, 2.05) is 6.07 Å². The van der Waals surface area contributed by atoms with Crippen LogP contribution in [0.4, 0.5) is 0 Å². The molecule has 142 valence electrons. The number of carbonyl (C=O) groups is 2. The maximum absolute atomic E-state index is 12.6. The number of phenols is 1. The number of Topliss-reactive ketones (excluding diaryl/α,β-unsaturated/α-hetero) is 1. The van der Waals surface area contributed by atoms with Crippen molar-refractivity contribution in [1.82, 2.24) is 9.88 Å². The maximum Gasteiger partial charge on any atom is 0.223 e. The molecule has 1 amide bonds. The van der Waals surface area contributed by atoms with Gasteiger partial charge in [0.2, 0.25) is 5.91 Å². The number of aromatic hydroxyl groups is 1. The third-order valence-electron chi connectivity index (χ3n) is 4.67. The fourth-order valence-electron chi connectivity index (χ4n) is 2.94. The van der Waals surface area contributed by atoms with Crippen LogP contribution in [-0.4, -0.2) is 39.8 Å². The molecular formula is C20H21ClN2O4. The number of ketones is 1. The molecule has 1 N–H and O–H groups in total. The first kappa shape index (κ1) is 19.2. The summed E-state index contributed by atoms with van der Waals surface area (Å²) in [6, 6.07) is 6.93. The lowest BCUT2D eigenvalue weighted by molar-refractivity contribution is -0.135. The van der Waals surface area contributed by atoms with Crippen LogP contribution in [0.25, 0.3) is 11.3 Å². The number of rotatable bonds is 4. The lowest BCUT2D eigenvalue weighted by atomic mass is 10.0. The Hall–Kier alpha value is -2.60. The summed E-state index contributed by atoms with van der Waals surface area (Å²) in [5, 5.41) is 10.9. The Kier molecular flexibility index (Phi) is 5.65. The maximum atomic E-state index is 12.6. The number of carbonyl (C=O) groups excluding carboxylic acids is 2. The van der Waals surface area contributed by atoms with Gasteiger partial charge < -0.3 is 14.7 Å². The van der Waals surface area contributed by atoms with Crippen molar-refractivity contribution in [2.75, 3.05) is 13.2 Å². The van der Waals surface area contributed by atoms with Gasteiger partial charge in [-0.1, -0.05) is 18.5 Å². The highest BCUT2D eigenvalue weighted by Crippen LogP contribution is 2.37. The molecule has 1 aromatic heterocycles. The number of ether oxygens (including phenoxy) is 1. The Morgan fingerprint density at radius 1 is 1.37 bits per heavy atom. The molecule has 0 unspecified atom stereocenters. The third kappa shape index (κ3) is 4.39. The predicted molar refractivity (Wildman–Crippen MR) is 102 cm³/mol. The van der Waals surface area contributed by atoms with Gasteiger partial charge >= 0.3 is 0 Å². The van der Waals surface area contributed by atoms with E-state index in [1.54, 1.807) is 30.0 Å². The monoisotopic (exact) mass is 388 g/mol. The standard InChI is InChI=1S/C20H21ClN2O4/c1-12(13(2)24)7-19(26)23-5-6-27-20-15(11-23)8-14(9-18(20)25)17-4-3-16(21)10-22-17/h3-4,8-10,12,25H,5-7,11H2,1-2H3/t12-/m1/s1. The number of hydrogen-bond acceptors (Lipinski definition) is 5. The minimum absolute atomic E-state index is 0.00523. The number of aromatic nitrogens is 1. The quantitative estimate of drug-likeness (QED) is 0.867. The van der Waals surface area contributed by atoms with E-state index >= 15 is 0 Å². The zero-order chi connectivity index (χ0) is 19.6. The van der Waals surface area contributed by atoms with Gasteiger partial charge in [0.1, 0.15) is 12.4 Å². The molecule has 7 heteroatoms. The fourth-order valence-corrected chi connectivity index (χ4v) is 3.05. The van der Waals surface area contributed by atoms with Crippen molar-refractivity contribution in [3.05, 3.63) is 41.0 Å². The number of phenolic OH excluding ortho intramolecular Hbond substituents is 1.